The Balaban J connectivity index is 2.29. The highest BCUT2D eigenvalue weighted by atomic mass is 16.5. The van der Waals surface area contributed by atoms with Gasteiger partial charge in [0.2, 0.25) is 0 Å². The quantitative estimate of drug-likeness (QED) is 0.641. The van der Waals surface area contributed by atoms with Crippen molar-refractivity contribution in [2.75, 3.05) is 13.2 Å². The third-order valence-electron chi connectivity index (χ3n) is 2.12. The van der Waals surface area contributed by atoms with Crippen LogP contribution in [0.15, 0.2) is 23.0 Å². The van der Waals surface area contributed by atoms with E-state index in [4.69, 9.17) is 10.5 Å². The summed E-state index contributed by atoms with van der Waals surface area (Å²) >= 11 is 0. The van der Waals surface area contributed by atoms with Gasteiger partial charge in [0.25, 0.3) is 0 Å². The summed E-state index contributed by atoms with van der Waals surface area (Å²) in [7, 11) is 0. The standard InChI is InChI=1S/C10H13N3O2/c11-5-2-6-15-8-4-1-3-7-9(8)13-10(14)12-7/h1,3-4H,2,5-6,11H2,(H2,12,13,14). The summed E-state index contributed by atoms with van der Waals surface area (Å²) in [5.74, 6) is 0.680. The van der Waals surface area contributed by atoms with Gasteiger partial charge in [-0.25, -0.2) is 4.79 Å². The molecule has 0 fully saturated rings. The van der Waals surface area contributed by atoms with Crippen molar-refractivity contribution in [3.8, 4) is 5.75 Å². The monoisotopic (exact) mass is 207 g/mol. The number of hydrogen-bond acceptors (Lipinski definition) is 3. The molecule has 1 aromatic heterocycles. The fraction of sp³-hybridized carbons (Fsp3) is 0.300. The number of para-hydroxylation sites is 1. The number of H-pyrrole nitrogens is 2. The molecular formula is C10H13N3O2. The Morgan fingerprint density at radius 1 is 1.33 bits per heavy atom. The smallest absolute Gasteiger partial charge is 0.323 e. The highest BCUT2D eigenvalue weighted by molar-refractivity contribution is 5.80. The Hall–Kier alpha value is -1.75. The van der Waals surface area contributed by atoms with Gasteiger partial charge in [-0.05, 0) is 25.1 Å². The van der Waals surface area contributed by atoms with E-state index < -0.39 is 0 Å². The minimum absolute atomic E-state index is 0.222. The molecule has 1 aromatic carbocycles. The SMILES string of the molecule is NCCCOc1cccc2[nH]c(=O)[nH]c12. The number of benzene rings is 1. The molecule has 0 aliphatic carbocycles. The molecule has 0 aliphatic rings. The topological polar surface area (TPSA) is 83.9 Å². The first-order valence-corrected chi connectivity index (χ1v) is 4.85. The van der Waals surface area contributed by atoms with Gasteiger partial charge in [-0.1, -0.05) is 6.07 Å². The minimum Gasteiger partial charge on any atom is -0.491 e. The average molecular weight is 207 g/mol. The first-order valence-electron chi connectivity index (χ1n) is 4.85. The summed E-state index contributed by atoms with van der Waals surface area (Å²) in [4.78, 5) is 16.4. The lowest BCUT2D eigenvalue weighted by molar-refractivity contribution is 0.316. The highest BCUT2D eigenvalue weighted by Gasteiger charge is 2.04. The van der Waals surface area contributed by atoms with Crippen molar-refractivity contribution < 1.29 is 4.74 Å². The molecular weight excluding hydrogens is 194 g/mol. The lowest BCUT2D eigenvalue weighted by atomic mass is 10.3. The highest BCUT2D eigenvalue weighted by Crippen LogP contribution is 2.20. The number of fused-ring (bicyclic) bond motifs is 1. The second-order valence-corrected chi connectivity index (χ2v) is 3.25. The first kappa shape index (κ1) is 9.79. The van der Waals surface area contributed by atoms with Gasteiger partial charge in [-0.15, -0.1) is 0 Å². The Bertz CT molecular complexity index is 501. The second-order valence-electron chi connectivity index (χ2n) is 3.25. The Labute approximate surface area is 86.3 Å². The van der Waals surface area contributed by atoms with Crippen molar-refractivity contribution in [1.29, 1.82) is 0 Å². The molecule has 15 heavy (non-hydrogen) atoms. The van der Waals surface area contributed by atoms with Gasteiger partial charge in [0.1, 0.15) is 11.3 Å². The van der Waals surface area contributed by atoms with E-state index in [0.717, 1.165) is 11.9 Å². The molecule has 0 radical (unpaired) electrons. The molecule has 4 N–H and O–H groups in total. The molecule has 0 unspecified atom stereocenters. The van der Waals surface area contributed by atoms with Crippen LogP contribution in [0.5, 0.6) is 5.75 Å². The van der Waals surface area contributed by atoms with Crippen LogP contribution in [0, 0.1) is 0 Å². The zero-order chi connectivity index (χ0) is 10.7. The number of nitrogens with one attached hydrogen (secondary N) is 2. The number of rotatable bonds is 4. The molecule has 0 spiro atoms. The molecule has 0 saturated heterocycles. The van der Waals surface area contributed by atoms with E-state index in [1.807, 2.05) is 18.2 Å². The molecule has 0 amide bonds. The van der Waals surface area contributed by atoms with Crippen molar-refractivity contribution in [3.63, 3.8) is 0 Å². The minimum atomic E-state index is -0.222. The Kier molecular flexibility index (Phi) is 2.73. The zero-order valence-corrected chi connectivity index (χ0v) is 8.25. The van der Waals surface area contributed by atoms with Crippen molar-refractivity contribution >= 4 is 11.0 Å². The molecule has 1 heterocycles. The van der Waals surface area contributed by atoms with E-state index >= 15 is 0 Å². The van der Waals surface area contributed by atoms with E-state index in [-0.39, 0.29) is 5.69 Å². The first-order chi connectivity index (χ1) is 7.31. The molecule has 0 aliphatic heterocycles. The van der Waals surface area contributed by atoms with Gasteiger partial charge in [0, 0.05) is 0 Å². The predicted octanol–water partition coefficient (Wildman–Crippen LogP) is 0.584. The molecule has 0 atom stereocenters. The fourth-order valence-electron chi connectivity index (χ4n) is 1.42. The van der Waals surface area contributed by atoms with E-state index in [1.54, 1.807) is 0 Å². The summed E-state index contributed by atoms with van der Waals surface area (Å²) in [6.07, 6.45) is 0.797. The van der Waals surface area contributed by atoms with Crippen LogP contribution in [-0.4, -0.2) is 23.1 Å². The lowest BCUT2D eigenvalue weighted by Crippen LogP contribution is -2.06. The Morgan fingerprint density at radius 2 is 2.20 bits per heavy atom. The normalized spacial score (nSPS) is 10.7. The van der Waals surface area contributed by atoms with Gasteiger partial charge in [0.05, 0.1) is 12.1 Å². The molecule has 2 rings (SSSR count). The predicted molar refractivity (Wildman–Crippen MR) is 58.1 cm³/mol. The van der Waals surface area contributed by atoms with Gasteiger partial charge >= 0.3 is 5.69 Å². The third-order valence-corrected chi connectivity index (χ3v) is 2.12. The third kappa shape index (κ3) is 2.02. The van der Waals surface area contributed by atoms with Gasteiger partial charge in [-0.3, -0.25) is 0 Å². The van der Waals surface area contributed by atoms with Gasteiger partial charge in [0.15, 0.2) is 0 Å². The maximum Gasteiger partial charge on any atom is 0.323 e. The fourth-order valence-corrected chi connectivity index (χ4v) is 1.42. The number of ether oxygens (including phenoxy) is 1. The summed E-state index contributed by atoms with van der Waals surface area (Å²) in [6.45, 7) is 1.16. The maximum absolute atomic E-state index is 11.1. The summed E-state index contributed by atoms with van der Waals surface area (Å²) in [5, 5.41) is 0. The van der Waals surface area contributed by atoms with Crippen LogP contribution in [-0.2, 0) is 0 Å². The van der Waals surface area contributed by atoms with E-state index in [2.05, 4.69) is 9.97 Å². The van der Waals surface area contributed by atoms with Gasteiger partial charge in [-0.2, -0.15) is 0 Å². The van der Waals surface area contributed by atoms with Crippen LogP contribution in [0.2, 0.25) is 0 Å². The number of hydrogen-bond donors (Lipinski definition) is 3. The van der Waals surface area contributed by atoms with Crippen molar-refractivity contribution in [2.24, 2.45) is 5.73 Å². The molecule has 5 nitrogen and oxygen atoms in total. The van der Waals surface area contributed by atoms with Crippen molar-refractivity contribution in [2.45, 2.75) is 6.42 Å². The van der Waals surface area contributed by atoms with E-state index in [1.165, 1.54) is 0 Å². The van der Waals surface area contributed by atoms with Crippen LogP contribution in [0.1, 0.15) is 6.42 Å². The van der Waals surface area contributed by atoms with Gasteiger partial charge < -0.3 is 20.4 Å². The molecule has 2 aromatic rings. The summed E-state index contributed by atoms with van der Waals surface area (Å²) in [5.41, 5.74) is 6.61. The summed E-state index contributed by atoms with van der Waals surface area (Å²) < 4.78 is 5.50. The molecule has 80 valence electrons. The number of imidazole rings is 1. The number of nitrogens with two attached hydrogens (primary N) is 1. The van der Waals surface area contributed by atoms with Crippen LogP contribution in [0.4, 0.5) is 0 Å². The molecule has 0 saturated carbocycles. The molecule has 0 bridgehead atoms. The Morgan fingerprint density at radius 3 is 3.00 bits per heavy atom. The van der Waals surface area contributed by atoms with Crippen LogP contribution in [0.3, 0.4) is 0 Å². The van der Waals surface area contributed by atoms with Crippen LogP contribution >= 0.6 is 0 Å². The number of aromatic nitrogens is 2. The lowest BCUT2D eigenvalue weighted by Gasteiger charge is -2.05. The average Bonchev–Trinajstić information content (AvgIpc) is 2.59. The van der Waals surface area contributed by atoms with Crippen molar-refractivity contribution in [3.05, 3.63) is 28.7 Å². The maximum atomic E-state index is 11.1. The van der Waals surface area contributed by atoms with Crippen molar-refractivity contribution in [1.82, 2.24) is 9.97 Å². The largest absolute Gasteiger partial charge is 0.491 e. The molecule has 5 heteroatoms. The van der Waals surface area contributed by atoms with Crippen LogP contribution < -0.4 is 16.2 Å². The number of aromatic amines is 2. The van der Waals surface area contributed by atoms with E-state index in [9.17, 15) is 4.79 Å². The second kappa shape index (κ2) is 4.18. The summed E-state index contributed by atoms with van der Waals surface area (Å²) in [6, 6.07) is 5.48. The zero-order valence-electron chi connectivity index (χ0n) is 8.25. The van der Waals surface area contributed by atoms with Crippen LogP contribution in [0.25, 0.3) is 11.0 Å². The van der Waals surface area contributed by atoms with E-state index in [0.29, 0.717) is 24.4 Å².